The largest absolute Gasteiger partial charge is 0.237 e. The minimum Gasteiger partial charge on any atom is -0.237 e. The Labute approximate surface area is 90.9 Å². The lowest BCUT2D eigenvalue weighted by molar-refractivity contribution is 0.193. The molecule has 0 atom stereocenters. The van der Waals surface area contributed by atoms with Gasteiger partial charge >= 0.3 is 0 Å². The Morgan fingerprint density at radius 2 is 1.21 bits per heavy atom. The highest BCUT2D eigenvalue weighted by Gasteiger charge is 2.41. The lowest BCUT2D eigenvalue weighted by Gasteiger charge is -2.43. The maximum absolute atomic E-state index is 10.7. The van der Waals surface area contributed by atoms with E-state index in [2.05, 4.69) is 41.5 Å². The van der Waals surface area contributed by atoms with E-state index in [-0.39, 0.29) is 6.61 Å². The maximum Gasteiger partial charge on any atom is 0.0819 e. The van der Waals surface area contributed by atoms with Crippen LogP contribution < -0.4 is 0 Å². The van der Waals surface area contributed by atoms with E-state index in [4.69, 9.17) is 0 Å². The zero-order chi connectivity index (χ0) is 11.4. The number of hydrogen-bond donors (Lipinski definition) is 0. The van der Waals surface area contributed by atoms with Gasteiger partial charge in [-0.25, -0.2) is 5.11 Å². The van der Waals surface area contributed by atoms with Crippen LogP contribution in [0.2, 0.25) is 22.7 Å². The monoisotopic (exact) mass is 215 g/mol. The second-order valence-electron chi connectivity index (χ2n) is 5.38. The van der Waals surface area contributed by atoms with Gasteiger partial charge in [-0.15, -0.1) is 0 Å². The molecule has 85 valence electrons. The predicted octanol–water partition coefficient (Wildman–Crippen LogP) is 4.49. The summed E-state index contributed by atoms with van der Waals surface area (Å²) in [5.41, 5.74) is 2.40. The SMILES string of the molecule is CC(C)[Si](CCC[O])(C(C)C)C(C)C. The highest BCUT2D eigenvalue weighted by Crippen LogP contribution is 2.44. The summed E-state index contributed by atoms with van der Waals surface area (Å²) in [5.74, 6) is 0. The normalized spacial score (nSPS) is 13.3. The molecule has 1 radical (unpaired) electrons. The van der Waals surface area contributed by atoms with Crippen molar-refractivity contribution in [2.24, 2.45) is 0 Å². The smallest absolute Gasteiger partial charge is 0.0819 e. The summed E-state index contributed by atoms with van der Waals surface area (Å²) in [6.07, 6.45) is 0.890. The zero-order valence-corrected chi connectivity index (χ0v) is 11.8. The zero-order valence-electron chi connectivity index (χ0n) is 10.8. The average Bonchev–Trinajstić information content (AvgIpc) is 2.03. The molecule has 1 nitrogen and oxygen atoms in total. The molecule has 0 aliphatic rings. The van der Waals surface area contributed by atoms with Crippen molar-refractivity contribution in [3.05, 3.63) is 0 Å². The average molecular weight is 215 g/mol. The molecule has 0 rings (SSSR count). The van der Waals surface area contributed by atoms with Crippen LogP contribution in [-0.4, -0.2) is 14.7 Å². The van der Waals surface area contributed by atoms with Gasteiger partial charge < -0.3 is 0 Å². The van der Waals surface area contributed by atoms with Gasteiger partial charge in [0.2, 0.25) is 0 Å². The molecule has 0 saturated heterocycles. The molecule has 0 saturated carbocycles. The second-order valence-corrected chi connectivity index (χ2v) is 11.6. The van der Waals surface area contributed by atoms with Crippen LogP contribution in [0.5, 0.6) is 0 Å². The minimum atomic E-state index is -1.25. The molecule has 0 spiro atoms. The molecule has 0 bridgehead atoms. The molecule has 0 aromatic rings. The van der Waals surface area contributed by atoms with Crippen molar-refractivity contribution in [1.82, 2.24) is 0 Å². The molecule has 0 aromatic heterocycles. The topological polar surface area (TPSA) is 19.9 Å². The van der Waals surface area contributed by atoms with E-state index in [1.165, 1.54) is 6.04 Å². The Kier molecular flexibility index (Phi) is 5.99. The van der Waals surface area contributed by atoms with Gasteiger partial charge in [-0.1, -0.05) is 64.2 Å². The Hall–Kier alpha value is 0.177. The first-order valence-electron chi connectivity index (χ1n) is 5.97. The van der Waals surface area contributed by atoms with Crippen molar-refractivity contribution < 1.29 is 5.11 Å². The molecule has 0 heterocycles. The molecule has 0 aliphatic heterocycles. The molecule has 0 N–H and O–H groups in total. The number of rotatable bonds is 6. The molecule has 0 unspecified atom stereocenters. The Bertz CT molecular complexity index is 131. The highest BCUT2D eigenvalue weighted by atomic mass is 28.3. The Morgan fingerprint density at radius 3 is 1.43 bits per heavy atom. The predicted molar refractivity (Wildman–Crippen MR) is 66.0 cm³/mol. The maximum atomic E-state index is 10.7. The van der Waals surface area contributed by atoms with Crippen LogP contribution in [0.25, 0.3) is 0 Å². The van der Waals surface area contributed by atoms with Crippen molar-refractivity contribution in [2.75, 3.05) is 6.61 Å². The van der Waals surface area contributed by atoms with Gasteiger partial charge in [0.15, 0.2) is 0 Å². The van der Waals surface area contributed by atoms with Gasteiger partial charge in [-0.2, -0.15) is 0 Å². The van der Waals surface area contributed by atoms with Crippen LogP contribution in [-0.2, 0) is 5.11 Å². The lowest BCUT2D eigenvalue weighted by Crippen LogP contribution is -2.44. The standard InChI is InChI=1S/C12H27OSi/c1-10(2)14(11(3)4,12(5)6)9-7-8-13/h10-12H,7-9H2,1-6H3. The first kappa shape index (κ1) is 14.2. The molecule has 14 heavy (non-hydrogen) atoms. The summed E-state index contributed by atoms with van der Waals surface area (Å²) in [6.45, 7) is 14.3. The van der Waals surface area contributed by atoms with Crippen LogP contribution >= 0.6 is 0 Å². The minimum absolute atomic E-state index is 0.112. The van der Waals surface area contributed by atoms with Gasteiger partial charge in [0, 0.05) is 0 Å². The van der Waals surface area contributed by atoms with Gasteiger partial charge in [-0.3, -0.25) is 0 Å². The van der Waals surface area contributed by atoms with Crippen LogP contribution in [0.1, 0.15) is 48.0 Å². The van der Waals surface area contributed by atoms with E-state index < -0.39 is 8.07 Å². The quantitative estimate of drug-likeness (QED) is 0.582. The second kappa shape index (κ2) is 5.91. The van der Waals surface area contributed by atoms with Crippen LogP contribution in [0, 0.1) is 0 Å². The molecule has 2 heteroatoms. The van der Waals surface area contributed by atoms with Crippen molar-refractivity contribution in [1.29, 1.82) is 0 Å². The van der Waals surface area contributed by atoms with Crippen LogP contribution in [0.15, 0.2) is 0 Å². The molecular formula is C12H27OSi. The van der Waals surface area contributed by atoms with Crippen LogP contribution in [0.3, 0.4) is 0 Å². The first-order chi connectivity index (χ1) is 6.39. The van der Waals surface area contributed by atoms with Crippen molar-refractivity contribution in [2.45, 2.75) is 70.6 Å². The molecule has 0 aromatic carbocycles. The van der Waals surface area contributed by atoms with E-state index >= 15 is 0 Å². The van der Waals surface area contributed by atoms with Gasteiger partial charge in [0.25, 0.3) is 0 Å². The summed E-state index contributed by atoms with van der Waals surface area (Å²) >= 11 is 0. The molecular weight excluding hydrogens is 188 g/mol. The van der Waals surface area contributed by atoms with Crippen molar-refractivity contribution in [3.63, 3.8) is 0 Å². The molecule has 0 fully saturated rings. The van der Waals surface area contributed by atoms with E-state index in [0.717, 1.165) is 23.0 Å². The van der Waals surface area contributed by atoms with Crippen LogP contribution in [0.4, 0.5) is 0 Å². The summed E-state index contributed by atoms with van der Waals surface area (Å²) in [7, 11) is -1.25. The molecule has 0 amide bonds. The third-order valence-corrected chi connectivity index (χ3v) is 11.6. The fraction of sp³-hybridized carbons (Fsp3) is 1.00. The fourth-order valence-corrected chi connectivity index (χ4v) is 9.73. The lowest BCUT2D eigenvalue weighted by atomic mass is 10.5. The number of hydrogen-bond acceptors (Lipinski definition) is 0. The third-order valence-electron chi connectivity index (χ3n) is 3.98. The van der Waals surface area contributed by atoms with Crippen molar-refractivity contribution in [3.8, 4) is 0 Å². The fourth-order valence-electron chi connectivity index (χ4n) is 3.24. The highest BCUT2D eigenvalue weighted by molar-refractivity contribution is 6.83. The van der Waals surface area contributed by atoms with Crippen molar-refractivity contribution >= 4 is 8.07 Å². The van der Waals surface area contributed by atoms with E-state index in [1.807, 2.05) is 0 Å². The van der Waals surface area contributed by atoms with Gasteiger partial charge in [0.05, 0.1) is 14.7 Å². The first-order valence-corrected chi connectivity index (χ1v) is 8.41. The third kappa shape index (κ3) is 2.83. The van der Waals surface area contributed by atoms with E-state index in [1.54, 1.807) is 0 Å². The Balaban J connectivity index is 4.76. The van der Waals surface area contributed by atoms with E-state index in [9.17, 15) is 5.11 Å². The summed E-state index contributed by atoms with van der Waals surface area (Å²) < 4.78 is 0. The Morgan fingerprint density at radius 1 is 0.857 bits per heavy atom. The summed E-state index contributed by atoms with van der Waals surface area (Å²) in [6, 6.07) is 1.23. The summed E-state index contributed by atoms with van der Waals surface area (Å²) in [5, 5.41) is 10.7. The van der Waals surface area contributed by atoms with E-state index in [0.29, 0.717) is 0 Å². The van der Waals surface area contributed by atoms with Gasteiger partial charge in [0.1, 0.15) is 0 Å². The molecule has 0 aliphatic carbocycles. The van der Waals surface area contributed by atoms with Gasteiger partial charge in [-0.05, 0) is 6.42 Å². The summed E-state index contributed by atoms with van der Waals surface area (Å²) in [4.78, 5) is 0.